The molecule has 0 bridgehead atoms. The Morgan fingerprint density at radius 1 is 1.25 bits per heavy atom. The first-order valence-electron chi connectivity index (χ1n) is 12.2. The molecule has 1 N–H and O–H groups in total. The van der Waals surface area contributed by atoms with Crippen molar-refractivity contribution in [2.45, 2.75) is 96.4 Å². The summed E-state index contributed by atoms with van der Waals surface area (Å²) in [6.45, 7) is 7.54. The van der Waals surface area contributed by atoms with Gasteiger partial charge in [-0.15, -0.1) is 11.3 Å². The van der Waals surface area contributed by atoms with E-state index in [0.29, 0.717) is 31.8 Å². The number of carbonyl (C=O) groups excluding carboxylic acids is 2. The zero-order valence-corrected chi connectivity index (χ0v) is 20.5. The monoisotopic (exact) mass is 459 g/mol. The number of ether oxygens (including phenoxy) is 1. The third kappa shape index (κ3) is 4.74. The van der Waals surface area contributed by atoms with Crippen molar-refractivity contribution in [3.63, 3.8) is 0 Å². The lowest BCUT2D eigenvalue weighted by Gasteiger charge is -2.44. The van der Waals surface area contributed by atoms with E-state index in [2.05, 4.69) is 11.4 Å². The second-order valence-electron chi connectivity index (χ2n) is 9.81. The van der Waals surface area contributed by atoms with Gasteiger partial charge in [0.25, 0.3) is 5.91 Å². The van der Waals surface area contributed by atoms with Gasteiger partial charge in [0.15, 0.2) is 0 Å². The topological polar surface area (TPSA) is 63.6 Å². The second-order valence-corrected chi connectivity index (χ2v) is 10.8. The normalized spacial score (nSPS) is 22.8. The van der Waals surface area contributed by atoms with Crippen LogP contribution in [0.15, 0.2) is 17.5 Å². The van der Waals surface area contributed by atoms with E-state index in [-0.39, 0.29) is 24.0 Å². The molecule has 1 unspecified atom stereocenters. The Kier molecular flexibility index (Phi) is 7.25. The average molecular weight is 460 g/mol. The van der Waals surface area contributed by atoms with Crippen molar-refractivity contribution in [3.8, 4) is 0 Å². The number of hydrogen-bond donors (Lipinski definition) is 1. The molecule has 4 rings (SSSR count). The van der Waals surface area contributed by atoms with E-state index < -0.39 is 5.54 Å². The summed E-state index contributed by atoms with van der Waals surface area (Å²) in [5.41, 5.74) is 0.817. The maximum absolute atomic E-state index is 13.7. The van der Waals surface area contributed by atoms with Gasteiger partial charge in [0.2, 0.25) is 5.91 Å². The Labute approximate surface area is 195 Å². The maximum Gasteiger partial charge on any atom is 0.271 e. The quantitative estimate of drug-likeness (QED) is 0.595. The number of rotatable bonds is 7. The summed E-state index contributed by atoms with van der Waals surface area (Å²) in [7, 11) is 0. The van der Waals surface area contributed by atoms with Gasteiger partial charge in [-0.05, 0) is 57.5 Å². The van der Waals surface area contributed by atoms with E-state index in [0.717, 1.165) is 35.9 Å². The lowest BCUT2D eigenvalue weighted by atomic mass is 9.92. The lowest BCUT2D eigenvalue weighted by molar-refractivity contribution is -0.133. The van der Waals surface area contributed by atoms with Gasteiger partial charge in [-0.1, -0.05) is 32.1 Å². The van der Waals surface area contributed by atoms with Gasteiger partial charge in [-0.25, -0.2) is 0 Å². The summed E-state index contributed by atoms with van der Waals surface area (Å²) in [4.78, 5) is 29.2. The summed E-state index contributed by atoms with van der Waals surface area (Å²) in [5.74, 6) is -0.0801. The standard InChI is InChI=1S/C25H37N3O3S/c1-18(2)31-14-9-13-28-23(29)21-16-22-20(12-15-32-22)27(21)17-25(28,3)24(30)26-19-10-7-5-4-6-8-11-19/h12,15-16,18-19H,4-11,13-14,17H2,1-3H3,(H,26,30). The summed E-state index contributed by atoms with van der Waals surface area (Å²) in [5, 5.41) is 5.39. The van der Waals surface area contributed by atoms with Gasteiger partial charge in [-0.2, -0.15) is 0 Å². The number of fused-ring (bicyclic) bond motifs is 3. The van der Waals surface area contributed by atoms with Crippen LogP contribution in [0.1, 0.15) is 82.6 Å². The van der Waals surface area contributed by atoms with E-state index in [1.54, 1.807) is 16.2 Å². The smallest absolute Gasteiger partial charge is 0.271 e. The maximum atomic E-state index is 13.7. The van der Waals surface area contributed by atoms with Crippen LogP contribution in [0, 0.1) is 0 Å². The highest BCUT2D eigenvalue weighted by Gasteiger charge is 2.47. The molecule has 1 fully saturated rings. The minimum absolute atomic E-state index is 0.0241. The van der Waals surface area contributed by atoms with Gasteiger partial charge in [0.05, 0.1) is 22.9 Å². The molecule has 1 aliphatic heterocycles. The number of nitrogens with zero attached hydrogens (tertiary/aromatic N) is 2. The Morgan fingerprint density at radius 2 is 1.97 bits per heavy atom. The van der Waals surface area contributed by atoms with Crippen molar-refractivity contribution in [2.24, 2.45) is 0 Å². The average Bonchev–Trinajstić information content (AvgIpc) is 3.31. The largest absolute Gasteiger partial charge is 0.379 e. The molecule has 176 valence electrons. The molecular weight excluding hydrogens is 422 g/mol. The van der Waals surface area contributed by atoms with Gasteiger partial charge < -0.3 is 19.5 Å². The molecule has 1 saturated carbocycles. The van der Waals surface area contributed by atoms with Crippen LogP contribution in [0.2, 0.25) is 0 Å². The molecule has 1 aliphatic carbocycles. The Balaban J connectivity index is 1.58. The molecule has 0 aromatic carbocycles. The molecule has 6 nitrogen and oxygen atoms in total. The van der Waals surface area contributed by atoms with Crippen LogP contribution in [-0.2, 0) is 16.1 Å². The van der Waals surface area contributed by atoms with Crippen LogP contribution < -0.4 is 5.32 Å². The third-order valence-electron chi connectivity index (χ3n) is 6.96. The first-order chi connectivity index (χ1) is 15.4. The SMILES string of the molecule is CC(C)OCCCN1C(=O)c2cc3sccc3n2CC1(C)C(=O)NC1CCCCCCC1. The Morgan fingerprint density at radius 3 is 2.69 bits per heavy atom. The van der Waals surface area contributed by atoms with E-state index in [4.69, 9.17) is 4.74 Å². The lowest BCUT2D eigenvalue weighted by Crippen LogP contribution is -2.65. The van der Waals surface area contributed by atoms with Crippen molar-refractivity contribution < 1.29 is 14.3 Å². The van der Waals surface area contributed by atoms with E-state index in [1.807, 2.05) is 36.8 Å². The molecule has 0 radical (unpaired) electrons. The number of amides is 2. The third-order valence-corrected chi connectivity index (χ3v) is 7.81. The molecule has 2 aromatic rings. The predicted octanol–water partition coefficient (Wildman–Crippen LogP) is 4.96. The molecule has 2 amide bonds. The van der Waals surface area contributed by atoms with Crippen LogP contribution >= 0.6 is 11.3 Å². The molecule has 2 aromatic heterocycles. The fourth-order valence-electron chi connectivity index (χ4n) is 5.11. The zero-order valence-electron chi connectivity index (χ0n) is 19.7. The van der Waals surface area contributed by atoms with Crippen molar-refractivity contribution >= 4 is 33.4 Å². The molecule has 2 aliphatic rings. The summed E-state index contributed by atoms with van der Waals surface area (Å²) < 4.78 is 8.85. The first kappa shape index (κ1) is 23.3. The molecule has 1 atom stereocenters. The van der Waals surface area contributed by atoms with Crippen LogP contribution in [0.3, 0.4) is 0 Å². The minimum atomic E-state index is -0.918. The highest BCUT2D eigenvalue weighted by molar-refractivity contribution is 7.17. The fourth-order valence-corrected chi connectivity index (χ4v) is 5.93. The molecule has 0 spiro atoms. The van der Waals surface area contributed by atoms with E-state index >= 15 is 0 Å². The van der Waals surface area contributed by atoms with Crippen molar-refractivity contribution in [1.29, 1.82) is 0 Å². The number of nitrogens with one attached hydrogen (secondary N) is 1. The number of aromatic nitrogens is 1. The zero-order chi connectivity index (χ0) is 22.7. The van der Waals surface area contributed by atoms with Crippen LogP contribution in [-0.4, -0.2) is 52.1 Å². The predicted molar refractivity (Wildman–Crippen MR) is 129 cm³/mol. The molecule has 3 heterocycles. The van der Waals surface area contributed by atoms with Crippen molar-refractivity contribution in [2.75, 3.05) is 13.2 Å². The number of thiophene rings is 1. The van der Waals surface area contributed by atoms with Crippen molar-refractivity contribution in [1.82, 2.24) is 14.8 Å². The van der Waals surface area contributed by atoms with Gasteiger partial charge >= 0.3 is 0 Å². The molecule has 0 saturated heterocycles. The van der Waals surface area contributed by atoms with Gasteiger partial charge in [0, 0.05) is 19.2 Å². The second kappa shape index (κ2) is 9.96. The molecule has 7 heteroatoms. The fraction of sp³-hybridized carbons (Fsp3) is 0.680. The Hall–Kier alpha value is -1.86. The highest BCUT2D eigenvalue weighted by Crippen LogP contribution is 2.34. The van der Waals surface area contributed by atoms with Crippen LogP contribution in [0.5, 0.6) is 0 Å². The van der Waals surface area contributed by atoms with Gasteiger partial charge in [-0.3, -0.25) is 9.59 Å². The minimum Gasteiger partial charge on any atom is -0.379 e. The van der Waals surface area contributed by atoms with Crippen LogP contribution in [0.25, 0.3) is 10.2 Å². The van der Waals surface area contributed by atoms with Crippen LogP contribution in [0.4, 0.5) is 0 Å². The highest BCUT2D eigenvalue weighted by atomic mass is 32.1. The molecule has 32 heavy (non-hydrogen) atoms. The summed E-state index contributed by atoms with van der Waals surface area (Å²) in [6.07, 6.45) is 9.04. The van der Waals surface area contributed by atoms with Crippen molar-refractivity contribution in [3.05, 3.63) is 23.2 Å². The van der Waals surface area contributed by atoms with E-state index in [9.17, 15) is 9.59 Å². The van der Waals surface area contributed by atoms with E-state index in [1.165, 1.54) is 19.3 Å². The number of carbonyl (C=O) groups is 2. The Bertz CT molecular complexity index is 942. The summed E-state index contributed by atoms with van der Waals surface area (Å²) >= 11 is 1.64. The molecular formula is C25H37N3O3S. The summed E-state index contributed by atoms with van der Waals surface area (Å²) in [6, 6.07) is 4.23. The van der Waals surface area contributed by atoms with Gasteiger partial charge in [0.1, 0.15) is 11.2 Å². The first-order valence-corrected chi connectivity index (χ1v) is 13.1. The number of hydrogen-bond acceptors (Lipinski definition) is 4.